The number of nitrogens with one attached hydrogen (secondary N) is 1. The molecule has 2 aromatic heterocycles. The Morgan fingerprint density at radius 2 is 2.22 bits per heavy atom. The van der Waals surface area contributed by atoms with Gasteiger partial charge in [0, 0.05) is 22.7 Å². The highest BCUT2D eigenvalue weighted by Gasteiger charge is 2.15. The number of phenolic OH excluding ortho intramolecular Hbond substituents is 1. The Hall–Kier alpha value is -2.76. The molecule has 0 unspecified atom stereocenters. The molecule has 0 aliphatic heterocycles. The molecule has 0 amide bonds. The van der Waals surface area contributed by atoms with Crippen LogP contribution in [0.15, 0.2) is 35.0 Å². The van der Waals surface area contributed by atoms with E-state index in [9.17, 15) is 9.90 Å². The molecule has 0 aliphatic carbocycles. The fourth-order valence-corrected chi connectivity index (χ4v) is 1.81. The van der Waals surface area contributed by atoms with Crippen molar-refractivity contribution in [2.24, 2.45) is 0 Å². The minimum absolute atomic E-state index is 0.126. The Morgan fingerprint density at radius 1 is 1.39 bits per heavy atom. The van der Waals surface area contributed by atoms with E-state index < -0.39 is 5.97 Å². The van der Waals surface area contributed by atoms with E-state index in [1.54, 1.807) is 24.4 Å². The average Bonchev–Trinajstić information content (AvgIpc) is 2.93. The van der Waals surface area contributed by atoms with Crippen molar-refractivity contribution < 1.29 is 19.4 Å². The van der Waals surface area contributed by atoms with Gasteiger partial charge in [-0.1, -0.05) is 0 Å². The molecule has 0 aliphatic rings. The molecule has 90 valence electrons. The SMILES string of the molecule is O=C(O)c1ncc(-c2c[nH]c3ccc(O)cc23)o1. The van der Waals surface area contributed by atoms with Crippen LogP contribution in [0.4, 0.5) is 0 Å². The molecule has 0 radical (unpaired) electrons. The van der Waals surface area contributed by atoms with Crippen molar-refractivity contribution in [3.63, 3.8) is 0 Å². The number of carboxylic acids is 1. The summed E-state index contributed by atoms with van der Waals surface area (Å²) in [6.07, 6.45) is 3.02. The first-order valence-electron chi connectivity index (χ1n) is 5.15. The molecule has 6 heteroatoms. The van der Waals surface area contributed by atoms with Crippen molar-refractivity contribution in [1.82, 2.24) is 9.97 Å². The van der Waals surface area contributed by atoms with Crippen LogP contribution >= 0.6 is 0 Å². The van der Waals surface area contributed by atoms with Crippen LogP contribution in [0.2, 0.25) is 0 Å². The lowest BCUT2D eigenvalue weighted by Gasteiger charge is -1.95. The molecule has 3 N–H and O–H groups in total. The lowest BCUT2D eigenvalue weighted by molar-refractivity contribution is 0.0654. The van der Waals surface area contributed by atoms with Gasteiger partial charge in [0.15, 0.2) is 5.76 Å². The zero-order chi connectivity index (χ0) is 12.7. The van der Waals surface area contributed by atoms with Crippen molar-refractivity contribution in [3.8, 4) is 17.1 Å². The minimum atomic E-state index is -1.22. The number of aromatic amines is 1. The monoisotopic (exact) mass is 244 g/mol. The number of aromatic carboxylic acids is 1. The van der Waals surface area contributed by atoms with E-state index >= 15 is 0 Å². The number of aromatic nitrogens is 2. The Labute approximate surface area is 101 Å². The van der Waals surface area contributed by atoms with Crippen LogP contribution in [0, 0.1) is 0 Å². The number of fused-ring (bicyclic) bond motifs is 1. The van der Waals surface area contributed by atoms with E-state index in [1.807, 2.05) is 0 Å². The maximum Gasteiger partial charge on any atom is 0.392 e. The summed E-state index contributed by atoms with van der Waals surface area (Å²) < 4.78 is 5.13. The number of carbonyl (C=O) groups is 1. The highest BCUT2D eigenvalue weighted by molar-refractivity contribution is 5.95. The topological polar surface area (TPSA) is 99.3 Å². The first-order chi connectivity index (χ1) is 8.65. The van der Waals surface area contributed by atoms with Crippen molar-refractivity contribution in [3.05, 3.63) is 36.5 Å². The van der Waals surface area contributed by atoms with E-state index in [1.165, 1.54) is 6.20 Å². The summed E-state index contributed by atoms with van der Waals surface area (Å²) in [5.41, 5.74) is 1.47. The van der Waals surface area contributed by atoms with Crippen LogP contribution in [0.25, 0.3) is 22.2 Å². The first kappa shape index (κ1) is 10.4. The van der Waals surface area contributed by atoms with Gasteiger partial charge in [0.1, 0.15) is 5.75 Å². The van der Waals surface area contributed by atoms with E-state index in [-0.39, 0.29) is 11.6 Å². The van der Waals surface area contributed by atoms with E-state index in [0.717, 1.165) is 10.9 Å². The molecule has 6 nitrogen and oxygen atoms in total. The maximum absolute atomic E-state index is 10.7. The molecule has 0 saturated carbocycles. The molecule has 0 saturated heterocycles. The maximum atomic E-state index is 10.7. The quantitative estimate of drug-likeness (QED) is 0.641. The van der Waals surface area contributed by atoms with Crippen LogP contribution in [0.1, 0.15) is 10.7 Å². The van der Waals surface area contributed by atoms with Gasteiger partial charge in [0.25, 0.3) is 0 Å². The summed E-state index contributed by atoms with van der Waals surface area (Å²) in [4.78, 5) is 17.4. The van der Waals surface area contributed by atoms with Gasteiger partial charge in [0.2, 0.25) is 0 Å². The number of aromatic hydroxyl groups is 1. The molecule has 2 heterocycles. The molecule has 0 atom stereocenters. The summed E-state index contributed by atoms with van der Waals surface area (Å²) in [7, 11) is 0. The molecule has 3 rings (SSSR count). The Balaban J connectivity index is 2.18. The molecular formula is C12H8N2O4. The molecular weight excluding hydrogens is 236 g/mol. The largest absolute Gasteiger partial charge is 0.508 e. The van der Waals surface area contributed by atoms with Crippen LogP contribution in [-0.2, 0) is 0 Å². The Bertz CT molecular complexity index is 741. The molecule has 1 aromatic carbocycles. The van der Waals surface area contributed by atoms with Crippen molar-refractivity contribution in [2.45, 2.75) is 0 Å². The molecule has 0 spiro atoms. The van der Waals surface area contributed by atoms with Crippen molar-refractivity contribution in [1.29, 1.82) is 0 Å². The molecule has 0 bridgehead atoms. The average molecular weight is 244 g/mol. The zero-order valence-corrected chi connectivity index (χ0v) is 9.04. The predicted molar refractivity (Wildman–Crippen MR) is 62.4 cm³/mol. The lowest BCUT2D eigenvalue weighted by Crippen LogP contribution is -1.94. The van der Waals surface area contributed by atoms with Gasteiger partial charge >= 0.3 is 11.9 Å². The Morgan fingerprint density at radius 3 is 2.94 bits per heavy atom. The van der Waals surface area contributed by atoms with Crippen LogP contribution in [0.5, 0.6) is 5.75 Å². The van der Waals surface area contributed by atoms with Gasteiger partial charge in [-0.05, 0) is 18.2 Å². The Kier molecular flexibility index (Phi) is 2.09. The van der Waals surface area contributed by atoms with Gasteiger partial charge < -0.3 is 19.6 Å². The first-order valence-corrected chi connectivity index (χ1v) is 5.15. The second-order valence-electron chi connectivity index (χ2n) is 3.77. The highest BCUT2D eigenvalue weighted by Crippen LogP contribution is 2.31. The predicted octanol–water partition coefficient (Wildman–Crippen LogP) is 2.23. The third kappa shape index (κ3) is 1.51. The standard InChI is InChI=1S/C12H8N2O4/c15-6-1-2-9-7(3-6)8(4-13-9)10-5-14-11(18-10)12(16)17/h1-5,13,15H,(H,16,17). The third-order valence-electron chi connectivity index (χ3n) is 2.62. The van der Waals surface area contributed by atoms with Crippen LogP contribution in [-0.4, -0.2) is 26.2 Å². The number of benzene rings is 1. The summed E-state index contributed by atoms with van der Waals surface area (Å²) in [5.74, 6) is -1.12. The van der Waals surface area contributed by atoms with E-state index in [0.29, 0.717) is 11.3 Å². The third-order valence-corrected chi connectivity index (χ3v) is 2.62. The van der Waals surface area contributed by atoms with Crippen LogP contribution < -0.4 is 0 Å². The van der Waals surface area contributed by atoms with Gasteiger partial charge in [-0.3, -0.25) is 0 Å². The lowest BCUT2D eigenvalue weighted by atomic mass is 10.1. The normalized spacial score (nSPS) is 10.9. The van der Waals surface area contributed by atoms with Crippen molar-refractivity contribution >= 4 is 16.9 Å². The number of phenols is 1. The van der Waals surface area contributed by atoms with Crippen LogP contribution in [0.3, 0.4) is 0 Å². The smallest absolute Gasteiger partial charge is 0.392 e. The van der Waals surface area contributed by atoms with Crippen molar-refractivity contribution in [2.75, 3.05) is 0 Å². The zero-order valence-electron chi connectivity index (χ0n) is 9.04. The van der Waals surface area contributed by atoms with Gasteiger partial charge in [-0.2, -0.15) is 0 Å². The fraction of sp³-hybridized carbons (Fsp3) is 0. The highest BCUT2D eigenvalue weighted by atomic mass is 16.4. The second-order valence-corrected chi connectivity index (χ2v) is 3.77. The number of rotatable bonds is 2. The van der Waals surface area contributed by atoms with Gasteiger partial charge in [-0.25, -0.2) is 9.78 Å². The number of carboxylic acid groups (broad SMARTS) is 1. The number of nitrogens with zero attached hydrogens (tertiary/aromatic N) is 1. The number of hydrogen-bond acceptors (Lipinski definition) is 4. The van der Waals surface area contributed by atoms with E-state index in [2.05, 4.69) is 9.97 Å². The molecule has 3 aromatic rings. The molecule has 0 fully saturated rings. The molecule has 18 heavy (non-hydrogen) atoms. The summed E-state index contributed by atoms with van der Waals surface area (Å²) in [6, 6.07) is 4.86. The van der Waals surface area contributed by atoms with E-state index in [4.69, 9.17) is 9.52 Å². The van der Waals surface area contributed by atoms with Gasteiger partial charge in [-0.15, -0.1) is 0 Å². The number of hydrogen-bond donors (Lipinski definition) is 3. The summed E-state index contributed by atoms with van der Waals surface area (Å²) >= 11 is 0. The summed E-state index contributed by atoms with van der Waals surface area (Å²) in [5, 5.41) is 18.9. The second kappa shape index (κ2) is 3.63. The summed E-state index contributed by atoms with van der Waals surface area (Å²) in [6.45, 7) is 0. The fourth-order valence-electron chi connectivity index (χ4n) is 1.81. The van der Waals surface area contributed by atoms with Gasteiger partial charge in [0.05, 0.1) is 6.20 Å². The minimum Gasteiger partial charge on any atom is -0.508 e. The number of oxazole rings is 1. The number of H-pyrrole nitrogens is 1.